The number of hydrogen-bond acceptors (Lipinski definition) is 5. The molecule has 1 aliphatic rings. The summed E-state index contributed by atoms with van der Waals surface area (Å²) in [6, 6.07) is 0. The maximum Gasteiger partial charge on any atom is 0.333 e. The van der Waals surface area contributed by atoms with Crippen LogP contribution in [0.1, 0.15) is 26.2 Å². The number of esters is 2. The summed E-state index contributed by atoms with van der Waals surface area (Å²) in [6.45, 7) is 12.8. The molecule has 1 fully saturated rings. The standard InChI is InChI=1S/C7H12O2.C5H6O2.C3H4O2/c1-3-5-6-9-7(8)4-2;1-4-2-3-7-5(4)6;1-2-3(4)5/h4H,2-3,5-6H2,1H3;1-3H2;2H,1H2,(H,4,5). The van der Waals surface area contributed by atoms with Gasteiger partial charge in [-0.25, -0.2) is 14.4 Å². The van der Waals surface area contributed by atoms with Crippen molar-refractivity contribution in [1.82, 2.24) is 0 Å². The van der Waals surface area contributed by atoms with Gasteiger partial charge in [0.1, 0.15) is 0 Å². The van der Waals surface area contributed by atoms with Crippen LogP contribution in [0.15, 0.2) is 37.5 Å². The zero-order valence-corrected chi connectivity index (χ0v) is 12.3. The van der Waals surface area contributed by atoms with E-state index in [4.69, 9.17) is 5.11 Å². The van der Waals surface area contributed by atoms with Crippen LogP contribution in [0.3, 0.4) is 0 Å². The van der Waals surface area contributed by atoms with E-state index in [0.29, 0.717) is 25.2 Å². The molecular formula is C15H22O6. The molecule has 0 radical (unpaired) electrons. The Morgan fingerprint density at radius 2 is 1.95 bits per heavy atom. The van der Waals surface area contributed by atoms with Gasteiger partial charge in [0.15, 0.2) is 0 Å². The molecule has 1 N–H and O–H groups in total. The molecule has 0 atom stereocenters. The second-order valence-corrected chi connectivity index (χ2v) is 3.76. The van der Waals surface area contributed by atoms with Crippen molar-refractivity contribution >= 4 is 17.9 Å². The third kappa shape index (κ3) is 15.6. The largest absolute Gasteiger partial charge is 0.478 e. The summed E-state index contributed by atoms with van der Waals surface area (Å²) in [5.74, 6) is -1.55. The number of carboxylic acid groups (broad SMARTS) is 1. The summed E-state index contributed by atoms with van der Waals surface area (Å²) in [6.07, 6.45) is 4.69. The van der Waals surface area contributed by atoms with Crippen LogP contribution in [0.2, 0.25) is 0 Å². The van der Waals surface area contributed by atoms with Crippen molar-refractivity contribution in [1.29, 1.82) is 0 Å². The molecule has 6 heteroatoms. The monoisotopic (exact) mass is 298 g/mol. The Kier molecular flexibility index (Phi) is 14.0. The fourth-order valence-corrected chi connectivity index (χ4v) is 0.847. The maximum atomic E-state index is 10.3. The van der Waals surface area contributed by atoms with Crippen molar-refractivity contribution < 1.29 is 29.0 Å². The van der Waals surface area contributed by atoms with E-state index < -0.39 is 5.97 Å². The topological polar surface area (TPSA) is 89.9 Å². The molecule has 21 heavy (non-hydrogen) atoms. The van der Waals surface area contributed by atoms with E-state index in [1.54, 1.807) is 0 Å². The summed E-state index contributed by atoms with van der Waals surface area (Å²) in [4.78, 5) is 29.8. The Balaban J connectivity index is 0. The fourth-order valence-electron chi connectivity index (χ4n) is 0.847. The lowest BCUT2D eigenvalue weighted by Gasteiger charge is -1.97. The Labute approximate surface area is 124 Å². The third-order valence-electron chi connectivity index (χ3n) is 2.01. The first kappa shape index (κ1) is 20.9. The molecule has 0 amide bonds. The van der Waals surface area contributed by atoms with Gasteiger partial charge >= 0.3 is 17.9 Å². The highest BCUT2D eigenvalue weighted by atomic mass is 16.5. The molecule has 0 bridgehead atoms. The van der Waals surface area contributed by atoms with Gasteiger partial charge in [0, 0.05) is 24.1 Å². The molecule has 1 saturated heterocycles. The van der Waals surface area contributed by atoms with Gasteiger partial charge in [0.05, 0.1) is 13.2 Å². The molecule has 6 nitrogen and oxygen atoms in total. The van der Waals surface area contributed by atoms with Crippen molar-refractivity contribution in [2.24, 2.45) is 0 Å². The van der Waals surface area contributed by atoms with Crippen LogP contribution in [0.4, 0.5) is 0 Å². The highest BCUT2D eigenvalue weighted by molar-refractivity contribution is 5.89. The Hall–Kier alpha value is -2.37. The SMILES string of the molecule is C=C1CCOC1=O.C=CC(=O)O.C=CC(=O)OCCCC. The normalized spacial score (nSPS) is 11.9. The van der Waals surface area contributed by atoms with E-state index in [1.807, 2.05) is 6.92 Å². The molecule has 1 heterocycles. The molecule has 1 rings (SSSR count). The molecule has 118 valence electrons. The highest BCUT2D eigenvalue weighted by Gasteiger charge is 2.14. The number of cyclic esters (lactones) is 1. The number of unbranched alkanes of at least 4 members (excludes halogenated alkanes) is 1. The van der Waals surface area contributed by atoms with Gasteiger partial charge in [-0.1, -0.05) is 33.1 Å². The zero-order valence-electron chi connectivity index (χ0n) is 12.3. The second-order valence-electron chi connectivity index (χ2n) is 3.76. The van der Waals surface area contributed by atoms with Crippen molar-refractivity contribution in [3.05, 3.63) is 37.5 Å². The minimum absolute atomic E-state index is 0.236. The second kappa shape index (κ2) is 14.0. The minimum atomic E-state index is -0.981. The van der Waals surface area contributed by atoms with Crippen LogP contribution in [-0.2, 0) is 23.9 Å². The first-order valence-corrected chi connectivity index (χ1v) is 6.38. The first-order valence-electron chi connectivity index (χ1n) is 6.38. The van der Waals surface area contributed by atoms with Crippen LogP contribution >= 0.6 is 0 Å². The predicted molar refractivity (Wildman–Crippen MR) is 78.6 cm³/mol. The number of carbonyl (C=O) groups excluding carboxylic acids is 2. The zero-order chi connectivity index (χ0) is 16.7. The lowest BCUT2D eigenvalue weighted by Crippen LogP contribution is -2.00. The van der Waals surface area contributed by atoms with Crippen LogP contribution in [0, 0.1) is 0 Å². The van der Waals surface area contributed by atoms with Gasteiger partial charge in [0.2, 0.25) is 0 Å². The summed E-state index contributed by atoms with van der Waals surface area (Å²) in [5, 5.41) is 7.60. The molecule has 0 aromatic carbocycles. The summed E-state index contributed by atoms with van der Waals surface area (Å²) in [7, 11) is 0. The van der Waals surface area contributed by atoms with Gasteiger partial charge in [-0.05, 0) is 6.42 Å². The van der Waals surface area contributed by atoms with E-state index in [9.17, 15) is 14.4 Å². The number of carbonyl (C=O) groups is 3. The van der Waals surface area contributed by atoms with Crippen molar-refractivity contribution in [3.8, 4) is 0 Å². The van der Waals surface area contributed by atoms with Crippen molar-refractivity contribution in [2.45, 2.75) is 26.2 Å². The quantitative estimate of drug-likeness (QED) is 0.475. The van der Waals surface area contributed by atoms with Gasteiger partial charge < -0.3 is 14.6 Å². The Bertz CT molecular complexity index is 370. The van der Waals surface area contributed by atoms with Gasteiger partial charge in [-0.3, -0.25) is 0 Å². The van der Waals surface area contributed by atoms with E-state index in [0.717, 1.165) is 18.9 Å². The molecule has 1 aliphatic heterocycles. The third-order valence-corrected chi connectivity index (χ3v) is 2.01. The summed E-state index contributed by atoms with van der Waals surface area (Å²) >= 11 is 0. The Morgan fingerprint density at radius 3 is 2.19 bits per heavy atom. The number of rotatable bonds is 5. The molecule has 0 aromatic heterocycles. The molecule has 0 aromatic rings. The van der Waals surface area contributed by atoms with E-state index in [2.05, 4.69) is 29.2 Å². The maximum absolute atomic E-state index is 10.3. The number of hydrogen-bond donors (Lipinski definition) is 1. The van der Waals surface area contributed by atoms with E-state index >= 15 is 0 Å². The lowest BCUT2D eigenvalue weighted by molar-refractivity contribution is -0.138. The van der Waals surface area contributed by atoms with Gasteiger partial charge in [0.25, 0.3) is 0 Å². The molecular weight excluding hydrogens is 276 g/mol. The van der Waals surface area contributed by atoms with Crippen molar-refractivity contribution in [2.75, 3.05) is 13.2 Å². The van der Waals surface area contributed by atoms with Crippen molar-refractivity contribution in [3.63, 3.8) is 0 Å². The average molecular weight is 298 g/mol. The van der Waals surface area contributed by atoms with E-state index in [-0.39, 0.29) is 11.9 Å². The first-order chi connectivity index (χ1) is 9.88. The molecule has 0 aliphatic carbocycles. The fraction of sp³-hybridized carbons (Fsp3) is 0.400. The van der Waals surface area contributed by atoms with Crippen LogP contribution in [0.5, 0.6) is 0 Å². The van der Waals surface area contributed by atoms with Gasteiger partial charge in [-0.2, -0.15) is 0 Å². The predicted octanol–water partition coefficient (Wildman–Crippen LogP) is 2.26. The smallest absolute Gasteiger partial charge is 0.333 e. The molecule has 0 spiro atoms. The molecule has 0 saturated carbocycles. The van der Waals surface area contributed by atoms with Crippen LogP contribution in [0.25, 0.3) is 0 Å². The number of aliphatic carboxylic acids is 1. The van der Waals surface area contributed by atoms with Crippen LogP contribution in [-0.4, -0.2) is 36.2 Å². The lowest BCUT2D eigenvalue weighted by atomic mass is 10.3. The minimum Gasteiger partial charge on any atom is -0.478 e. The summed E-state index contributed by atoms with van der Waals surface area (Å²) in [5.41, 5.74) is 0.597. The number of ether oxygens (including phenoxy) is 2. The number of carboxylic acids is 1. The van der Waals surface area contributed by atoms with Crippen LogP contribution < -0.4 is 0 Å². The highest BCUT2D eigenvalue weighted by Crippen LogP contribution is 2.08. The molecule has 0 unspecified atom stereocenters. The Morgan fingerprint density at radius 1 is 1.38 bits per heavy atom. The summed E-state index contributed by atoms with van der Waals surface area (Å²) < 4.78 is 9.20. The van der Waals surface area contributed by atoms with Gasteiger partial charge in [-0.15, -0.1) is 0 Å². The average Bonchev–Trinajstić information content (AvgIpc) is 2.84. The van der Waals surface area contributed by atoms with E-state index in [1.165, 1.54) is 6.08 Å².